The number of aliphatic hydroxyl groups is 1. The Hall–Kier alpha value is -3.64. The molecule has 5 rings (SSSR count). The Morgan fingerprint density at radius 1 is 1.15 bits per heavy atom. The van der Waals surface area contributed by atoms with Crippen LogP contribution in [0, 0.1) is 11.3 Å². The summed E-state index contributed by atoms with van der Waals surface area (Å²) in [6.07, 6.45) is -0.828. The fraction of sp³-hybridized carbons (Fsp3) is 0.160. The lowest BCUT2D eigenvalue weighted by Gasteiger charge is -2.14. The number of aliphatic hydroxyl groups excluding tert-OH is 1. The summed E-state index contributed by atoms with van der Waals surface area (Å²) in [6, 6.07) is 20.1. The zero-order valence-corrected chi connectivity index (χ0v) is 18.6. The van der Waals surface area contributed by atoms with Crippen molar-refractivity contribution in [3.05, 3.63) is 83.4 Å². The summed E-state index contributed by atoms with van der Waals surface area (Å²) in [6.45, 7) is 1.91. The Kier molecular flexibility index (Phi) is 4.98. The quantitative estimate of drug-likeness (QED) is 0.478. The molecule has 3 N–H and O–H groups in total. The highest BCUT2D eigenvalue weighted by Gasteiger charge is 2.29. The Labute approximate surface area is 191 Å². The van der Waals surface area contributed by atoms with Crippen molar-refractivity contribution in [1.29, 1.82) is 5.26 Å². The molecular weight excluding hydrogens is 438 g/mol. The second kappa shape index (κ2) is 7.74. The monoisotopic (exact) mass is 459 g/mol. The maximum atomic E-state index is 13.8. The molecule has 1 aromatic heterocycles. The molecule has 0 fully saturated rings. The van der Waals surface area contributed by atoms with Gasteiger partial charge in [0.05, 0.1) is 39.9 Å². The van der Waals surface area contributed by atoms with Gasteiger partial charge in [-0.1, -0.05) is 24.3 Å². The van der Waals surface area contributed by atoms with Gasteiger partial charge in [-0.25, -0.2) is 12.4 Å². The Morgan fingerprint density at radius 3 is 2.61 bits per heavy atom. The standard InChI is InChI=1S/C25H21N3O4S/c1-15(29)17-9-16(13-26)10-18(11-17)24-12-21-23(8-7-20-22(27)14-32-25(20)21)28(24)33(30,31)19-5-3-2-4-6-19/h2-12,15,22,29H,14,27H2,1H3/t15?,22-/m1/s1. The van der Waals surface area contributed by atoms with Crippen molar-refractivity contribution >= 4 is 20.9 Å². The fourth-order valence-electron chi connectivity index (χ4n) is 4.23. The Bertz CT molecular complexity index is 1530. The van der Waals surface area contributed by atoms with Crippen molar-refractivity contribution in [3.8, 4) is 23.1 Å². The van der Waals surface area contributed by atoms with E-state index < -0.39 is 16.1 Å². The van der Waals surface area contributed by atoms with Crippen LogP contribution in [0.5, 0.6) is 5.75 Å². The van der Waals surface area contributed by atoms with Crippen LogP contribution < -0.4 is 10.5 Å². The van der Waals surface area contributed by atoms with Gasteiger partial charge in [0.15, 0.2) is 0 Å². The third-order valence-electron chi connectivity index (χ3n) is 5.87. The van der Waals surface area contributed by atoms with Gasteiger partial charge < -0.3 is 15.6 Å². The van der Waals surface area contributed by atoms with Gasteiger partial charge in [0.25, 0.3) is 10.0 Å². The first-order valence-corrected chi connectivity index (χ1v) is 11.9. The highest BCUT2D eigenvalue weighted by atomic mass is 32.2. The molecule has 7 nitrogen and oxygen atoms in total. The van der Waals surface area contributed by atoms with Crippen LogP contribution in [0.3, 0.4) is 0 Å². The highest BCUT2D eigenvalue weighted by molar-refractivity contribution is 7.90. The maximum absolute atomic E-state index is 13.8. The van der Waals surface area contributed by atoms with E-state index in [-0.39, 0.29) is 10.9 Å². The molecule has 0 saturated heterocycles. The van der Waals surface area contributed by atoms with Gasteiger partial charge in [0.1, 0.15) is 12.4 Å². The van der Waals surface area contributed by atoms with E-state index in [9.17, 15) is 18.8 Å². The lowest BCUT2D eigenvalue weighted by atomic mass is 10.0. The van der Waals surface area contributed by atoms with Crippen molar-refractivity contribution in [1.82, 2.24) is 3.97 Å². The number of nitrogens with zero attached hydrogens (tertiary/aromatic N) is 2. The molecule has 0 radical (unpaired) electrons. The number of rotatable bonds is 4. The number of ether oxygens (including phenoxy) is 1. The minimum absolute atomic E-state index is 0.133. The van der Waals surface area contributed by atoms with Crippen LogP contribution >= 0.6 is 0 Å². The number of hydrogen-bond acceptors (Lipinski definition) is 6. The van der Waals surface area contributed by atoms with Crippen LogP contribution in [0.1, 0.15) is 35.8 Å². The van der Waals surface area contributed by atoms with Crippen molar-refractivity contribution in [2.24, 2.45) is 5.73 Å². The molecule has 1 unspecified atom stereocenters. The predicted molar refractivity (Wildman–Crippen MR) is 124 cm³/mol. The molecule has 8 heteroatoms. The molecule has 4 aromatic rings. The molecule has 3 aromatic carbocycles. The molecule has 1 aliphatic heterocycles. The van der Waals surface area contributed by atoms with Gasteiger partial charge in [0, 0.05) is 16.5 Å². The molecule has 1 aliphatic rings. The summed E-state index contributed by atoms with van der Waals surface area (Å²) in [5, 5.41) is 20.3. The molecule has 166 valence electrons. The first kappa shape index (κ1) is 21.2. The van der Waals surface area contributed by atoms with Crippen LogP contribution in [0.4, 0.5) is 0 Å². The van der Waals surface area contributed by atoms with Gasteiger partial charge in [-0.15, -0.1) is 0 Å². The molecule has 0 amide bonds. The molecular formula is C25H21N3O4S. The lowest BCUT2D eigenvalue weighted by molar-refractivity contribution is 0.199. The molecule has 2 heterocycles. The summed E-state index contributed by atoms with van der Waals surface area (Å²) in [5.41, 5.74) is 9.11. The Balaban J connectivity index is 1.88. The number of hydrogen-bond donors (Lipinski definition) is 2. The van der Waals surface area contributed by atoms with E-state index in [0.717, 1.165) is 5.56 Å². The summed E-state index contributed by atoms with van der Waals surface area (Å²) in [5.74, 6) is 0.565. The second-order valence-electron chi connectivity index (χ2n) is 8.08. The molecule has 0 saturated carbocycles. The smallest absolute Gasteiger partial charge is 0.268 e. The topological polar surface area (TPSA) is 118 Å². The largest absolute Gasteiger partial charge is 0.491 e. The number of aromatic nitrogens is 1. The summed E-state index contributed by atoms with van der Waals surface area (Å²) in [7, 11) is -4.00. The highest BCUT2D eigenvalue weighted by Crippen LogP contribution is 2.42. The van der Waals surface area contributed by atoms with Gasteiger partial charge in [-0.05, 0) is 55.0 Å². The maximum Gasteiger partial charge on any atom is 0.268 e. The van der Waals surface area contributed by atoms with E-state index in [2.05, 4.69) is 6.07 Å². The molecule has 2 atom stereocenters. The van der Waals surface area contributed by atoms with E-state index in [1.54, 1.807) is 61.5 Å². The third kappa shape index (κ3) is 3.38. The van der Waals surface area contributed by atoms with Crippen LogP contribution in [0.2, 0.25) is 0 Å². The average Bonchev–Trinajstić information content (AvgIpc) is 3.40. The van der Waals surface area contributed by atoms with Gasteiger partial charge in [-0.2, -0.15) is 5.26 Å². The first-order valence-electron chi connectivity index (χ1n) is 10.4. The fourth-order valence-corrected chi connectivity index (χ4v) is 5.77. The second-order valence-corrected chi connectivity index (χ2v) is 9.86. The number of nitriles is 1. The third-order valence-corrected chi connectivity index (χ3v) is 7.61. The van der Waals surface area contributed by atoms with Crippen LogP contribution in [0.25, 0.3) is 22.2 Å². The van der Waals surface area contributed by atoms with Crippen molar-refractivity contribution in [2.45, 2.75) is 24.0 Å². The predicted octanol–water partition coefficient (Wildman–Crippen LogP) is 3.86. The van der Waals surface area contributed by atoms with Gasteiger partial charge >= 0.3 is 0 Å². The summed E-state index contributed by atoms with van der Waals surface area (Å²) >= 11 is 0. The first-order chi connectivity index (χ1) is 15.8. The Morgan fingerprint density at radius 2 is 1.91 bits per heavy atom. The van der Waals surface area contributed by atoms with Crippen LogP contribution in [-0.4, -0.2) is 24.1 Å². The van der Waals surface area contributed by atoms with Crippen LogP contribution in [0.15, 0.2) is 71.6 Å². The number of benzene rings is 3. The zero-order valence-electron chi connectivity index (χ0n) is 17.8. The minimum Gasteiger partial charge on any atom is -0.491 e. The molecule has 33 heavy (non-hydrogen) atoms. The normalized spacial score (nSPS) is 16.2. The van der Waals surface area contributed by atoms with Gasteiger partial charge in [0.2, 0.25) is 0 Å². The molecule has 0 spiro atoms. The average molecular weight is 460 g/mol. The van der Waals surface area contributed by atoms with Crippen molar-refractivity contribution in [3.63, 3.8) is 0 Å². The van der Waals surface area contributed by atoms with E-state index in [1.165, 1.54) is 16.1 Å². The SMILES string of the molecule is CC(O)c1cc(C#N)cc(-c2cc3c4c(ccc3n2S(=O)(=O)c2ccccc2)[C@H](N)CO4)c1. The summed E-state index contributed by atoms with van der Waals surface area (Å²) < 4.78 is 34.7. The van der Waals surface area contributed by atoms with E-state index >= 15 is 0 Å². The van der Waals surface area contributed by atoms with Gasteiger partial charge in [-0.3, -0.25) is 0 Å². The molecule has 0 bridgehead atoms. The lowest BCUT2D eigenvalue weighted by Crippen LogP contribution is -2.14. The zero-order chi connectivity index (χ0) is 23.3. The van der Waals surface area contributed by atoms with E-state index in [1.807, 2.05) is 0 Å². The van der Waals surface area contributed by atoms with Crippen molar-refractivity contribution < 1.29 is 18.3 Å². The van der Waals surface area contributed by atoms with Crippen molar-refractivity contribution in [2.75, 3.05) is 6.61 Å². The van der Waals surface area contributed by atoms with E-state index in [4.69, 9.17) is 10.5 Å². The number of nitrogens with two attached hydrogens (primary N) is 1. The summed E-state index contributed by atoms with van der Waals surface area (Å²) in [4.78, 5) is 0.133. The minimum atomic E-state index is -4.00. The number of fused-ring (bicyclic) bond motifs is 3. The van der Waals surface area contributed by atoms with Crippen LogP contribution in [-0.2, 0) is 10.0 Å². The van der Waals surface area contributed by atoms with E-state index in [0.29, 0.717) is 45.6 Å². The molecule has 0 aliphatic carbocycles.